The van der Waals surface area contributed by atoms with Crippen LogP contribution in [-0.4, -0.2) is 36.3 Å². The van der Waals surface area contributed by atoms with Crippen molar-refractivity contribution < 1.29 is 22.8 Å². The number of rotatable bonds is 1. The third-order valence-electron chi connectivity index (χ3n) is 5.67. The number of nitrogens with zero attached hydrogens (tertiary/aromatic N) is 2. The Bertz CT molecular complexity index is 718. The Balaban J connectivity index is 1.73. The second-order valence-electron chi connectivity index (χ2n) is 6.96. The second kappa shape index (κ2) is 5.05. The summed E-state index contributed by atoms with van der Waals surface area (Å²) in [6.45, 7) is 0.765. The zero-order valence-corrected chi connectivity index (χ0v) is 13.1. The van der Waals surface area contributed by atoms with E-state index in [0.717, 1.165) is 36.4 Å². The van der Waals surface area contributed by atoms with Crippen molar-refractivity contribution in [2.24, 2.45) is 17.8 Å². The van der Waals surface area contributed by atoms with Crippen LogP contribution in [0.15, 0.2) is 24.3 Å². The molecule has 0 radical (unpaired) electrons. The van der Waals surface area contributed by atoms with E-state index < -0.39 is 17.7 Å². The molecule has 4 fully saturated rings. The normalized spacial score (nSPS) is 33.2. The van der Waals surface area contributed by atoms with Crippen molar-refractivity contribution >= 4 is 17.5 Å². The van der Waals surface area contributed by atoms with E-state index in [9.17, 15) is 22.8 Å². The SMILES string of the molecule is CN1CC2CC[C@@H]1[C@H]1C(=O)N(c3cccc(C(F)(F)F)c3)C(=O)[C@@H]21. The van der Waals surface area contributed by atoms with Crippen LogP contribution in [0.2, 0.25) is 0 Å². The molecule has 2 bridgehead atoms. The summed E-state index contributed by atoms with van der Waals surface area (Å²) in [7, 11) is 1.94. The molecular formula is C17H17F3N2O2. The number of piperidine rings is 2. The number of alkyl halides is 3. The number of anilines is 1. The highest BCUT2D eigenvalue weighted by Crippen LogP contribution is 2.49. The Kier molecular flexibility index (Phi) is 3.29. The molecule has 1 aromatic carbocycles. The molecule has 1 aromatic rings. The Morgan fingerprint density at radius 1 is 1.08 bits per heavy atom. The minimum atomic E-state index is -4.51. The third-order valence-corrected chi connectivity index (χ3v) is 5.67. The highest BCUT2D eigenvalue weighted by atomic mass is 19.4. The first kappa shape index (κ1) is 15.6. The Morgan fingerprint density at radius 3 is 2.46 bits per heavy atom. The van der Waals surface area contributed by atoms with Gasteiger partial charge in [0.15, 0.2) is 0 Å². The number of hydrogen-bond acceptors (Lipinski definition) is 3. The van der Waals surface area contributed by atoms with Crippen molar-refractivity contribution in [3.63, 3.8) is 0 Å². The summed E-state index contributed by atoms with van der Waals surface area (Å²) in [5, 5.41) is 0. The summed E-state index contributed by atoms with van der Waals surface area (Å²) in [5.74, 6) is -1.40. The van der Waals surface area contributed by atoms with Gasteiger partial charge in [-0.15, -0.1) is 0 Å². The number of imide groups is 1. The number of carbonyl (C=O) groups excluding carboxylic acids is 2. The molecule has 2 amide bonds. The van der Waals surface area contributed by atoms with E-state index in [0.29, 0.717) is 0 Å². The lowest BCUT2D eigenvalue weighted by Crippen LogP contribution is -2.56. The number of fused-ring (bicyclic) bond motifs is 2. The molecule has 1 unspecified atom stereocenters. The maximum Gasteiger partial charge on any atom is 0.416 e. The van der Waals surface area contributed by atoms with E-state index in [2.05, 4.69) is 4.90 Å². The highest BCUT2D eigenvalue weighted by molar-refractivity contribution is 6.22. The molecule has 128 valence electrons. The molecule has 1 saturated carbocycles. The van der Waals surface area contributed by atoms with Crippen LogP contribution in [0.25, 0.3) is 0 Å². The average molecular weight is 338 g/mol. The number of carbonyl (C=O) groups is 2. The Labute approximate surface area is 137 Å². The summed E-state index contributed by atoms with van der Waals surface area (Å²) in [6, 6.07) is 4.47. The maximum absolute atomic E-state index is 12.9. The fourth-order valence-corrected chi connectivity index (χ4v) is 4.64. The van der Waals surface area contributed by atoms with Gasteiger partial charge in [-0.05, 0) is 44.0 Å². The van der Waals surface area contributed by atoms with Gasteiger partial charge >= 0.3 is 6.18 Å². The quantitative estimate of drug-likeness (QED) is 0.739. The van der Waals surface area contributed by atoms with E-state index in [-0.39, 0.29) is 35.4 Å². The van der Waals surface area contributed by atoms with Crippen LogP contribution in [-0.2, 0) is 15.8 Å². The van der Waals surface area contributed by atoms with Crippen LogP contribution in [0.5, 0.6) is 0 Å². The van der Waals surface area contributed by atoms with Gasteiger partial charge in [0, 0.05) is 12.6 Å². The van der Waals surface area contributed by atoms with Crippen LogP contribution in [0.3, 0.4) is 0 Å². The lowest BCUT2D eigenvalue weighted by Gasteiger charge is -2.48. The van der Waals surface area contributed by atoms with Crippen molar-refractivity contribution in [3.05, 3.63) is 29.8 Å². The summed E-state index contributed by atoms with van der Waals surface area (Å²) in [5.41, 5.74) is -0.827. The topological polar surface area (TPSA) is 40.6 Å². The molecule has 4 atom stereocenters. The first-order valence-electron chi connectivity index (χ1n) is 8.04. The van der Waals surface area contributed by atoms with Crippen molar-refractivity contribution in [1.82, 2.24) is 4.90 Å². The molecule has 7 heteroatoms. The molecule has 4 aliphatic rings. The first-order chi connectivity index (χ1) is 11.3. The molecule has 5 rings (SSSR count). The summed E-state index contributed by atoms with van der Waals surface area (Å²) >= 11 is 0. The maximum atomic E-state index is 12.9. The van der Waals surface area contributed by atoms with Gasteiger partial charge in [-0.25, -0.2) is 4.90 Å². The van der Waals surface area contributed by atoms with Gasteiger partial charge in [-0.3, -0.25) is 9.59 Å². The van der Waals surface area contributed by atoms with Crippen molar-refractivity contribution in [1.29, 1.82) is 0 Å². The molecule has 24 heavy (non-hydrogen) atoms. The van der Waals surface area contributed by atoms with Crippen LogP contribution >= 0.6 is 0 Å². The Hall–Kier alpha value is -1.89. The number of hydrogen-bond donors (Lipinski definition) is 0. The summed E-state index contributed by atoms with van der Waals surface area (Å²) < 4.78 is 38.8. The fraction of sp³-hybridized carbons (Fsp3) is 0.529. The van der Waals surface area contributed by atoms with Crippen molar-refractivity contribution in [3.8, 4) is 0 Å². The molecule has 0 spiro atoms. The third kappa shape index (κ3) is 2.10. The molecular weight excluding hydrogens is 321 g/mol. The predicted octanol–water partition coefficient (Wildman–Crippen LogP) is 2.54. The minimum Gasteiger partial charge on any atom is -0.302 e. The van der Waals surface area contributed by atoms with Crippen LogP contribution in [0, 0.1) is 17.8 Å². The van der Waals surface area contributed by atoms with Crippen LogP contribution in [0.4, 0.5) is 18.9 Å². The van der Waals surface area contributed by atoms with Gasteiger partial charge in [-0.1, -0.05) is 6.07 Å². The van der Waals surface area contributed by atoms with Gasteiger partial charge in [0.05, 0.1) is 23.1 Å². The van der Waals surface area contributed by atoms with Crippen molar-refractivity contribution in [2.45, 2.75) is 25.1 Å². The second-order valence-corrected chi connectivity index (χ2v) is 6.96. The van der Waals surface area contributed by atoms with Crippen LogP contribution in [0.1, 0.15) is 18.4 Å². The highest BCUT2D eigenvalue weighted by Gasteiger charge is 2.60. The summed E-state index contributed by atoms with van der Waals surface area (Å²) in [4.78, 5) is 28.7. The molecule has 0 N–H and O–H groups in total. The summed E-state index contributed by atoms with van der Waals surface area (Å²) in [6.07, 6.45) is -2.75. The zero-order chi connectivity index (χ0) is 17.2. The van der Waals surface area contributed by atoms with Crippen LogP contribution < -0.4 is 4.90 Å². The van der Waals surface area contributed by atoms with Gasteiger partial charge < -0.3 is 4.90 Å². The Morgan fingerprint density at radius 2 is 1.79 bits per heavy atom. The first-order valence-corrected chi connectivity index (χ1v) is 8.04. The number of halogens is 3. The van der Waals surface area contributed by atoms with Crippen molar-refractivity contribution in [2.75, 3.05) is 18.5 Å². The van der Waals surface area contributed by atoms with Gasteiger partial charge in [0.2, 0.25) is 11.8 Å². The smallest absolute Gasteiger partial charge is 0.302 e. The number of amides is 2. The molecule has 3 saturated heterocycles. The molecule has 3 aliphatic heterocycles. The minimum absolute atomic E-state index is 0.00671. The largest absolute Gasteiger partial charge is 0.416 e. The van der Waals surface area contributed by atoms with Gasteiger partial charge in [0.25, 0.3) is 0 Å². The van der Waals surface area contributed by atoms with E-state index in [1.54, 1.807) is 0 Å². The number of benzene rings is 1. The van der Waals surface area contributed by atoms with E-state index in [1.165, 1.54) is 12.1 Å². The van der Waals surface area contributed by atoms with Gasteiger partial charge in [-0.2, -0.15) is 13.2 Å². The van der Waals surface area contributed by atoms with E-state index in [4.69, 9.17) is 0 Å². The monoisotopic (exact) mass is 338 g/mol. The average Bonchev–Trinajstić information content (AvgIpc) is 2.80. The zero-order valence-electron chi connectivity index (χ0n) is 13.1. The molecule has 3 heterocycles. The fourth-order valence-electron chi connectivity index (χ4n) is 4.64. The predicted molar refractivity (Wildman–Crippen MR) is 80.1 cm³/mol. The molecule has 0 aromatic heterocycles. The molecule has 1 aliphatic carbocycles. The standard InChI is InChI=1S/C17H17F3N2O2/c1-21-8-9-5-6-12(21)14-13(9)15(23)22(16(14)24)11-4-2-3-10(7-11)17(18,19)20/h2-4,7,9,12-14H,5-6,8H2,1H3/t9?,12-,13+,14-/m1/s1. The van der Waals surface area contributed by atoms with E-state index >= 15 is 0 Å². The lowest BCUT2D eigenvalue weighted by atomic mass is 9.66. The molecule has 4 nitrogen and oxygen atoms in total. The lowest BCUT2D eigenvalue weighted by molar-refractivity contribution is -0.137. The van der Waals surface area contributed by atoms with E-state index in [1.807, 2.05) is 7.05 Å². The van der Waals surface area contributed by atoms with Gasteiger partial charge in [0.1, 0.15) is 0 Å².